The topological polar surface area (TPSA) is 66.4 Å². The number of carbonyl (C=O) groups excluding carboxylic acids is 1. The summed E-state index contributed by atoms with van der Waals surface area (Å²) in [5.74, 6) is -1.45. The van der Waals surface area contributed by atoms with Gasteiger partial charge in [0.1, 0.15) is 6.04 Å². The van der Waals surface area contributed by atoms with Crippen molar-refractivity contribution in [2.24, 2.45) is 5.92 Å². The Hall–Kier alpha value is -1.11. The van der Waals surface area contributed by atoms with Crippen molar-refractivity contribution in [3.8, 4) is 0 Å². The third-order valence-electron chi connectivity index (χ3n) is 2.85. The van der Waals surface area contributed by atoms with Gasteiger partial charge in [0, 0.05) is 9.13 Å². The van der Waals surface area contributed by atoms with Crippen LogP contribution in [0.2, 0.25) is 0 Å². The van der Waals surface area contributed by atoms with Gasteiger partial charge >= 0.3 is 5.97 Å². The third kappa shape index (κ3) is 3.97. The molecule has 1 amide bonds. The standard InChI is InChI=1S/C13H16INO3/c1-3-8(2)11(13(17)18)15-12(16)9-5-4-6-10(14)7-9/h4-8,11H,3H2,1-2H3,(H,15,16)(H,17,18)/t8?,11-/m0/s1. The van der Waals surface area contributed by atoms with Gasteiger partial charge in [-0.15, -0.1) is 0 Å². The lowest BCUT2D eigenvalue weighted by atomic mass is 9.99. The smallest absolute Gasteiger partial charge is 0.326 e. The Morgan fingerprint density at radius 1 is 1.44 bits per heavy atom. The summed E-state index contributed by atoms with van der Waals surface area (Å²) in [7, 11) is 0. The summed E-state index contributed by atoms with van der Waals surface area (Å²) in [6.07, 6.45) is 0.698. The minimum Gasteiger partial charge on any atom is -0.480 e. The van der Waals surface area contributed by atoms with Crippen molar-refractivity contribution in [2.45, 2.75) is 26.3 Å². The molecule has 0 saturated heterocycles. The van der Waals surface area contributed by atoms with Crippen LogP contribution in [0.15, 0.2) is 24.3 Å². The number of carboxylic acids is 1. The number of benzene rings is 1. The highest BCUT2D eigenvalue weighted by molar-refractivity contribution is 14.1. The van der Waals surface area contributed by atoms with Crippen molar-refractivity contribution in [1.82, 2.24) is 5.32 Å². The van der Waals surface area contributed by atoms with Gasteiger partial charge < -0.3 is 10.4 Å². The minimum atomic E-state index is -0.997. The predicted molar refractivity (Wildman–Crippen MR) is 77.5 cm³/mol. The molecule has 0 fully saturated rings. The first-order valence-corrected chi connectivity index (χ1v) is 6.82. The second kappa shape index (κ2) is 6.72. The maximum atomic E-state index is 12.0. The molecule has 1 unspecified atom stereocenters. The number of carbonyl (C=O) groups is 2. The molecule has 98 valence electrons. The van der Waals surface area contributed by atoms with Gasteiger partial charge in [0.05, 0.1) is 0 Å². The first-order chi connectivity index (χ1) is 8.45. The van der Waals surface area contributed by atoms with E-state index in [1.807, 2.05) is 19.9 Å². The molecule has 1 aromatic rings. The normalized spacial score (nSPS) is 13.7. The molecule has 0 bridgehead atoms. The summed E-state index contributed by atoms with van der Waals surface area (Å²) >= 11 is 2.11. The number of aliphatic carboxylic acids is 1. The van der Waals surface area contributed by atoms with Gasteiger partial charge in [-0.2, -0.15) is 0 Å². The molecule has 18 heavy (non-hydrogen) atoms. The molecule has 0 aliphatic heterocycles. The zero-order valence-electron chi connectivity index (χ0n) is 10.3. The molecule has 0 radical (unpaired) electrons. The van der Waals surface area contributed by atoms with Crippen LogP contribution in [0.4, 0.5) is 0 Å². The lowest BCUT2D eigenvalue weighted by molar-refractivity contribution is -0.140. The lowest BCUT2D eigenvalue weighted by Crippen LogP contribution is -2.45. The van der Waals surface area contributed by atoms with Crippen molar-refractivity contribution >= 4 is 34.5 Å². The fourth-order valence-electron chi connectivity index (χ4n) is 1.54. The Bertz CT molecular complexity index is 448. The molecular weight excluding hydrogens is 345 g/mol. The summed E-state index contributed by atoms with van der Waals surface area (Å²) in [6.45, 7) is 3.71. The molecule has 0 aliphatic rings. The Balaban J connectivity index is 2.82. The molecule has 0 aromatic heterocycles. The van der Waals surface area contributed by atoms with Gasteiger partial charge in [-0.05, 0) is 46.7 Å². The zero-order valence-corrected chi connectivity index (χ0v) is 12.5. The molecule has 0 saturated carbocycles. The molecule has 5 heteroatoms. The number of amides is 1. The molecule has 0 spiro atoms. The van der Waals surface area contributed by atoms with E-state index >= 15 is 0 Å². The van der Waals surface area contributed by atoms with E-state index in [1.165, 1.54) is 0 Å². The minimum absolute atomic E-state index is 0.103. The van der Waals surface area contributed by atoms with Gasteiger partial charge in [-0.3, -0.25) is 4.79 Å². The van der Waals surface area contributed by atoms with E-state index < -0.39 is 12.0 Å². The lowest BCUT2D eigenvalue weighted by Gasteiger charge is -2.20. The fraction of sp³-hybridized carbons (Fsp3) is 0.385. The van der Waals surface area contributed by atoms with Crippen molar-refractivity contribution in [1.29, 1.82) is 0 Å². The van der Waals surface area contributed by atoms with E-state index in [4.69, 9.17) is 5.11 Å². The Morgan fingerprint density at radius 2 is 2.11 bits per heavy atom. The van der Waals surface area contributed by atoms with Crippen LogP contribution in [0.25, 0.3) is 0 Å². The van der Waals surface area contributed by atoms with Crippen LogP contribution in [0.3, 0.4) is 0 Å². The molecule has 1 rings (SSSR count). The Morgan fingerprint density at radius 3 is 2.61 bits per heavy atom. The quantitative estimate of drug-likeness (QED) is 0.793. The van der Waals surface area contributed by atoms with Gasteiger partial charge in [-0.25, -0.2) is 4.79 Å². The number of halogens is 1. The maximum Gasteiger partial charge on any atom is 0.326 e. The van der Waals surface area contributed by atoms with Crippen LogP contribution in [0.5, 0.6) is 0 Å². The molecule has 0 aliphatic carbocycles. The number of rotatable bonds is 5. The van der Waals surface area contributed by atoms with Gasteiger partial charge in [0.15, 0.2) is 0 Å². The zero-order chi connectivity index (χ0) is 13.7. The molecule has 4 nitrogen and oxygen atoms in total. The summed E-state index contributed by atoms with van der Waals surface area (Å²) in [5.41, 5.74) is 0.483. The van der Waals surface area contributed by atoms with E-state index in [1.54, 1.807) is 18.2 Å². The van der Waals surface area contributed by atoms with E-state index in [2.05, 4.69) is 27.9 Å². The summed E-state index contributed by atoms with van der Waals surface area (Å²) < 4.78 is 0.940. The average molecular weight is 361 g/mol. The van der Waals surface area contributed by atoms with Crippen LogP contribution in [-0.4, -0.2) is 23.0 Å². The van der Waals surface area contributed by atoms with Crippen molar-refractivity contribution in [3.63, 3.8) is 0 Å². The van der Waals surface area contributed by atoms with Crippen LogP contribution in [-0.2, 0) is 4.79 Å². The van der Waals surface area contributed by atoms with Crippen molar-refractivity contribution in [3.05, 3.63) is 33.4 Å². The Kier molecular flexibility index (Phi) is 5.58. The summed E-state index contributed by atoms with van der Waals surface area (Å²) in [4.78, 5) is 23.1. The second-order valence-corrected chi connectivity index (χ2v) is 5.43. The highest BCUT2D eigenvalue weighted by Crippen LogP contribution is 2.11. The van der Waals surface area contributed by atoms with Crippen LogP contribution >= 0.6 is 22.6 Å². The number of hydrogen-bond donors (Lipinski definition) is 2. The SMILES string of the molecule is CCC(C)[C@H](NC(=O)c1cccc(I)c1)C(=O)O. The highest BCUT2D eigenvalue weighted by atomic mass is 127. The van der Waals surface area contributed by atoms with Gasteiger partial charge in [0.2, 0.25) is 0 Å². The highest BCUT2D eigenvalue weighted by Gasteiger charge is 2.25. The summed E-state index contributed by atoms with van der Waals surface area (Å²) in [5, 5.41) is 11.7. The number of carboxylic acid groups (broad SMARTS) is 1. The molecule has 2 atom stereocenters. The molecular formula is C13H16INO3. The van der Waals surface area contributed by atoms with Crippen LogP contribution < -0.4 is 5.32 Å². The first-order valence-electron chi connectivity index (χ1n) is 5.75. The largest absolute Gasteiger partial charge is 0.480 e. The van der Waals surface area contributed by atoms with Gasteiger partial charge in [-0.1, -0.05) is 26.3 Å². The molecule has 0 heterocycles. The number of nitrogens with one attached hydrogen (secondary N) is 1. The number of hydrogen-bond acceptors (Lipinski definition) is 2. The predicted octanol–water partition coefficient (Wildman–Crippen LogP) is 2.52. The van der Waals surface area contributed by atoms with E-state index in [0.29, 0.717) is 12.0 Å². The summed E-state index contributed by atoms with van der Waals surface area (Å²) in [6, 6.07) is 6.20. The van der Waals surface area contributed by atoms with Crippen LogP contribution in [0, 0.1) is 9.49 Å². The van der Waals surface area contributed by atoms with E-state index in [-0.39, 0.29) is 11.8 Å². The third-order valence-corrected chi connectivity index (χ3v) is 3.52. The maximum absolute atomic E-state index is 12.0. The van der Waals surface area contributed by atoms with Crippen molar-refractivity contribution < 1.29 is 14.7 Å². The van der Waals surface area contributed by atoms with Crippen LogP contribution in [0.1, 0.15) is 30.6 Å². The van der Waals surface area contributed by atoms with E-state index in [0.717, 1.165) is 3.57 Å². The second-order valence-electron chi connectivity index (χ2n) is 4.19. The van der Waals surface area contributed by atoms with Crippen molar-refractivity contribution in [2.75, 3.05) is 0 Å². The average Bonchev–Trinajstić information content (AvgIpc) is 2.34. The first kappa shape index (κ1) is 14.9. The fourth-order valence-corrected chi connectivity index (χ4v) is 2.08. The molecule has 2 N–H and O–H groups in total. The van der Waals surface area contributed by atoms with Gasteiger partial charge in [0.25, 0.3) is 5.91 Å². The Labute approximate surface area is 120 Å². The van der Waals surface area contributed by atoms with E-state index in [9.17, 15) is 9.59 Å². The monoisotopic (exact) mass is 361 g/mol. The molecule has 1 aromatic carbocycles.